The molecule has 2 heteroatoms. The number of nitrogens with zero attached hydrogens (tertiary/aromatic N) is 1. The highest BCUT2D eigenvalue weighted by molar-refractivity contribution is 14.1. The molecule has 1 heterocycles. The van der Waals surface area contributed by atoms with Gasteiger partial charge in [0.05, 0.1) is 5.69 Å². The monoisotopic (exact) mass is 335 g/mol. The molecule has 86 valence electrons. The molecule has 0 saturated carbocycles. The summed E-state index contributed by atoms with van der Waals surface area (Å²) in [5.41, 5.74) is 2.84. The number of benzene rings is 2. The van der Waals surface area contributed by atoms with Crippen molar-refractivity contribution in [3.8, 4) is 0 Å². The van der Waals surface area contributed by atoms with Gasteiger partial charge in [-0.2, -0.15) is 0 Å². The molecule has 0 atom stereocenters. The van der Waals surface area contributed by atoms with E-state index in [2.05, 4.69) is 82.1 Å². The van der Waals surface area contributed by atoms with Gasteiger partial charge in [-0.1, -0.05) is 42.5 Å². The van der Waals surface area contributed by atoms with Crippen LogP contribution in [0.2, 0.25) is 0 Å². The van der Waals surface area contributed by atoms with Crippen molar-refractivity contribution in [2.24, 2.45) is 0 Å². The van der Waals surface area contributed by atoms with Crippen molar-refractivity contribution >= 4 is 28.3 Å². The van der Waals surface area contributed by atoms with Crippen molar-refractivity contribution in [2.75, 3.05) is 18.0 Å². The summed E-state index contributed by atoms with van der Waals surface area (Å²) in [7, 11) is 0. The van der Waals surface area contributed by atoms with E-state index in [0.717, 1.165) is 13.1 Å². The summed E-state index contributed by atoms with van der Waals surface area (Å²) in [5.74, 6) is 0.701. The zero-order valence-electron chi connectivity index (χ0n) is 9.51. The molecule has 0 spiro atoms. The third-order valence-electron chi connectivity index (χ3n) is 3.35. The van der Waals surface area contributed by atoms with Gasteiger partial charge in [0.1, 0.15) is 0 Å². The summed E-state index contributed by atoms with van der Waals surface area (Å²) >= 11 is 2.41. The van der Waals surface area contributed by atoms with Gasteiger partial charge in [-0.3, -0.25) is 0 Å². The molecule has 0 N–H and O–H groups in total. The van der Waals surface area contributed by atoms with Gasteiger partial charge in [0.15, 0.2) is 0 Å². The highest BCUT2D eigenvalue weighted by Crippen LogP contribution is 2.33. The van der Waals surface area contributed by atoms with Crippen LogP contribution in [-0.4, -0.2) is 13.1 Å². The molecule has 2 aromatic rings. The van der Waals surface area contributed by atoms with Crippen LogP contribution in [0.25, 0.3) is 0 Å². The van der Waals surface area contributed by atoms with Gasteiger partial charge in [0, 0.05) is 22.6 Å². The van der Waals surface area contributed by atoms with Crippen molar-refractivity contribution in [1.82, 2.24) is 0 Å². The minimum Gasteiger partial charge on any atom is -0.369 e. The van der Waals surface area contributed by atoms with Gasteiger partial charge in [-0.15, -0.1) is 0 Å². The Kier molecular flexibility index (Phi) is 3.05. The zero-order valence-corrected chi connectivity index (χ0v) is 11.7. The first-order valence-electron chi connectivity index (χ1n) is 5.89. The Morgan fingerprint density at radius 1 is 0.882 bits per heavy atom. The second-order valence-corrected chi connectivity index (χ2v) is 5.63. The van der Waals surface area contributed by atoms with Crippen molar-refractivity contribution < 1.29 is 0 Å². The van der Waals surface area contributed by atoms with Crippen LogP contribution in [0, 0.1) is 3.57 Å². The third-order valence-corrected chi connectivity index (χ3v) is 4.26. The summed E-state index contributed by atoms with van der Waals surface area (Å²) in [4.78, 5) is 2.46. The molecule has 0 aromatic heterocycles. The molecular formula is C15H14IN. The van der Waals surface area contributed by atoms with Gasteiger partial charge in [-0.05, 0) is 40.3 Å². The van der Waals surface area contributed by atoms with Gasteiger partial charge in [0.25, 0.3) is 0 Å². The fourth-order valence-corrected chi connectivity index (χ4v) is 3.05. The highest BCUT2D eigenvalue weighted by Gasteiger charge is 2.28. The summed E-state index contributed by atoms with van der Waals surface area (Å²) in [6.45, 7) is 2.29. The van der Waals surface area contributed by atoms with Crippen LogP contribution in [0.3, 0.4) is 0 Å². The summed E-state index contributed by atoms with van der Waals surface area (Å²) in [6.07, 6.45) is 0. The second kappa shape index (κ2) is 4.69. The van der Waals surface area contributed by atoms with Gasteiger partial charge < -0.3 is 4.90 Å². The molecule has 0 aliphatic carbocycles. The van der Waals surface area contributed by atoms with Crippen molar-refractivity contribution in [1.29, 1.82) is 0 Å². The molecule has 0 amide bonds. The number of halogens is 1. The number of anilines is 1. The van der Waals surface area contributed by atoms with Gasteiger partial charge in [0.2, 0.25) is 0 Å². The van der Waals surface area contributed by atoms with E-state index in [1.165, 1.54) is 14.8 Å². The van der Waals surface area contributed by atoms with Gasteiger partial charge in [-0.25, -0.2) is 0 Å². The average Bonchev–Trinajstić information content (AvgIpc) is 2.31. The van der Waals surface area contributed by atoms with Gasteiger partial charge >= 0.3 is 0 Å². The largest absolute Gasteiger partial charge is 0.369 e. The highest BCUT2D eigenvalue weighted by atomic mass is 127. The van der Waals surface area contributed by atoms with E-state index in [1.807, 2.05) is 0 Å². The molecule has 17 heavy (non-hydrogen) atoms. The van der Waals surface area contributed by atoms with E-state index in [0.29, 0.717) is 5.92 Å². The standard InChI is InChI=1S/C15H14IN/c16-14-8-4-5-9-15(14)17-10-13(11-17)12-6-2-1-3-7-12/h1-9,13H,10-11H2. The van der Waals surface area contributed by atoms with Crippen LogP contribution in [-0.2, 0) is 0 Å². The van der Waals surface area contributed by atoms with Crippen LogP contribution in [0.15, 0.2) is 54.6 Å². The smallest absolute Gasteiger partial charge is 0.0502 e. The second-order valence-electron chi connectivity index (χ2n) is 4.46. The predicted octanol–water partition coefficient (Wildman–Crippen LogP) is 3.90. The fourth-order valence-electron chi connectivity index (χ4n) is 2.32. The maximum absolute atomic E-state index is 2.46. The summed E-state index contributed by atoms with van der Waals surface area (Å²) in [6, 6.07) is 19.4. The van der Waals surface area contributed by atoms with Crippen molar-refractivity contribution in [2.45, 2.75) is 5.92 Å². The Morgan fingerprint density at radius 3 is 2.24 bits per heavy atom. The Balaban J connectivity index is 1.72. The van der Waals surface area contributed by atoms with Crippen LogP contribution < -0.4 is 4.90 Å². The normalized spacial score (nSPS) is 15.7. The van der Waals surface area contributed by atoms with E-state index >= 15 is 0 Å². The minimum atomic E-state index is 0.701. The van der Waals surface area contributed by atoms with Crippen molar-refractivity contribution in [3.05, 3.63) is 63.7 Å². The molecule has 0 unspecified atom stereocenters. The third kappa shape index (κ3) is 2.18. The molecule has 1 fully saturated rings. The lowest BCUT2D eigenvalue weighted by Crippen LogP contribution is -2.45. The average molecular weight is 335 g/mol. The molecule has 1 saturated heterocycles. The Labute approximate surface area is 116 Å². The van der Waals surface area contributed by atoms with E-state index in [4.69, 9.17) is 0 Å². The predicted molar refractivity (Wildman–Crippen MR) is 80.6 cm³/mol. The lowest BCUT2D eigenvalue weighted by molar-refractivity contribution is 0.524. The lowest BCUT2D eigenvalue weighted by atomic mass is 9.91. The number of hydrogen-bond donors (Lipinski definition) is 0. The lowest BCUT2D eigenvalue weighted by Gasteiger charge is -2.41. The van der Waals surface area contributed by atoms with Crippen LogP contribution in [0.1, 0.15) is 11.5 Å². The Morgan fingerprint density at radius 2 is 1.53 bits per heavy atom. The van der Waals surface area contributed by atoms with Crippen LogP contribution >= 0.6 is 22.6 Å². The molecule has 1 aliphatic rings. The first kappa shape index (κ1) is 11.1. The minimum absolute atomic E-state index is 0.701. The zero-order chi connectivity index (χ0) is 11.7. The van der Waals surface area contributed by atoms with E-state index in [9.17, 15) is 0 Å². The maximum Gasteiger partial charge on any atom is 0.0502 e. The molecule has 1 nitrogen and oxygen atoms in total. The quantitative estimate of drug-likeness (QED) is 0.753. The van der Waals surface area contributed by atoms with E-state index < -0.39 is 0 Å². The summed E-state index contributed by atoms with van der Waals surface area (Å²) < 4.78 is 1.34. The van der Waals surface area contributed by atoms with Crippen LogP contribution in [0.4, 0.5) is 5.69 Å². The molecule has 1 aliphatic heterocycles. The molecule has 2 aromatic carbocycles. The van der Waals surface area contributed by atoms with Crippen molar-refractivity contribution in [3.63, 3.8) is 0 Å². The first-order chi connectivity index (χ1) is 8.34. The fraction of sp³-hybridized carbons (Fsp3) is 0.200. The maximum atomic E-state index is 2.46. The Bertz CT molecular complexity index is 503. The summed E-state index contributed by atoms with van der Waals surface area (Å²) in [5, 5.41) is 0. The number of rotatable bonds is 2. The van der Waals surface area contributed by atoms with E-state index in [-0.39, 0.29) is 0 Å². The molecular weight excluding hydrogens is 321 g/mol. The van der Waals surface area contributed by atoms with Crippen LogP contribution in [0.5, 0.6) is 0 Å². The molecule has 0 radical (unpaired) electrons. The SMILES string of the molecule is Ic1ccccc1N1CC(c2ccccc2)C1. The number of hydrogen-bond acceptors (Lipinski definition) is 1. The van der Waals surface area contributed by atoms with E-state index in [1.54, 1.807) is 0 Å². The topological polar surface area (TPSA) is 3.24 Å². The molecule has 0 bridgehead atoms. The first-order valence-corrected chi connectivity index (χ1v) is 6.97. The Hall–Kier alpha value is -1.03. The number of para-hydroxylation sites is 1. The molecule has 3 rings (SSSR count).